The van der Waals surface area contributed by atoms with E-state index in [4.69, 9.17) is 17.3 Å². The molecule has 0 bridgehead atoms. The lowest BCUT2D eigenvalue weighted by Gasteiger charge is -2.19. The van der Waals surface area contributed by atoms with Crippen molar-refractivity contribution in [2.45, 2.75) is 13.8 Å². The summed E-state index contributed by atoms with van der Waals surface area (Å²) in [5.41, 5.74) is 4.47. The third kappa shape index (κ3) is 3.83. The van der Waals surface area contributed by atoms with Crippen LogP contribution in [0.2, 0.25) is 5.02 Å². The number of hydrogen-bond acceptors (Lipinski definition) is 5. The number of amides is 3. The summed E-state index contributed by atoms with van der Waals surface area (Å²) < 4.78 is 25.7. The Balaban J connectivity index is 1.99. The Hall–Kier alpha value is -2.91. The maximum absolute atomic E-state index is 12.7. The van der Waals surface area contributed by atoms with E-state index >= 15 is 0 Å². The number of halogens is 1. The number of sulfonamides is 1. The maximum atomic E-state index is 12.7. The van der Waals surface area contributed by atoms with Gasteiger partial charge < -0.3 is 11.1 Å². The van der Waals surface area contributed by atoms with E-state index in [9.17, 15) is 22.8 Å². The van der Waals surface area contributed by atoms with Crippen LogP contribution in [0.5, 0.6) is 0 Å². The number of carbonyl (C=O) groups excluding carboxylic acids is 3. The quantitative estimate of drug-likeness (QED) is 0.762. The van der Waals surface area contributed by atoms with Gasteiger partial charge in [-0.05, 0) is 44.2 Å². The largest absolute Gasteiger partial charge is 0.366 e. The van der Waals surface area contributed by atoms with Crippen LogP contribution < -0.4 is 15.4 Å². The summed E-state index contributed by atoms with van der Waals surface area (Å²) in [5.74, 6) is -2.33. The van der Waals surface area contributed by atoms with E-state index in [1.165, 1.54) is 44.2 Å². The zero-order valence-electron chi connectivity index (χ0n) is 15.6. The van der Waals surface area contributed by atoms with Gasteiger partial charge in [-0.1, -0.05) is 23.7 Å². The summed E-state index contributed by atoms with van der Waals surface area (Å²) in [5, 5.41) is 2.57. The van der Waals surface area contributed by atoms with Crippen LogP contribution in [0.25, 0.3) is 0 Å². The van der Waals surface area contributed by atoms with Gasteiger partial charge >= 0.3 is 0 Å². The Labute approximate surface area is 172 Å². The van der Waals surface area contributed by atoms with Gasteiger partial charge in [0.2, 0.25) is 15.9 Å². The van der Waals surface area contributed by atoms with E-state index in [1.807, 2.05) is 0 Å². The lowest BCUT2D eigenvalue weighted by Crippen LogP contribution is -2.33. The van der Waals surface area contributed by atoms with E-state index in [2.05, 4.69) is 5.32 Å². The van der Waals surface area contributed by atoms with Crippen LogP contribution in [-0.4, -0.2) is 31.9 Å². The van der Waals surface area contributed by atoms with Crippen molar-refractivity contribution in [1.82, 2.24) is 0 Å². The predicted octanol–water partition coefficient (Wildman–Crippen LogP) is 2.39. The number of rotatable bonds is 4. The van der Waals surface area contributed by atoms with Crippen molar-refractivity contribution in [2.75, 3.05) is 15.4 Å². The van der Waals surface area contributed by atoms with Gasteiger partial charge in [-0.15, -0.1) is 0 Å². The monoisotopic (exact) mass is 435 g/mol. The molecule has 1 fully saturated rings. The van der Waals surface area contributed by atoms with Crippen LogP contribution in [0.1, 0.15) is 34.6 Å². The fraction of sp³-hybridized carbons (Fsp3) is 0.211. The number of nitrogens with one attached hydrogen (secondary N) is 1. The second-order valence-electron chi connectivity index (χ2n) is 7.24. The second kappa shape index (κ2) is 7.16. The molecule has 1 aliphatic heterocycles. The molecule has 1 heterocycles. The molecule has 0 atom stereocenters. The Morgan fingerprint density at radius 2 is 1.83 bits per heavy atom. The van der Waals surface area contributed by atoms with Crippen molar-refractivity contribution in [3.63, 3.8) is 0 Å². The first-order valence-corrected chi connectivity index (χ1v) is 10.5. The SMILES string of the molecule is CC1(C)CS(=O)(=O)N(c2cc(C(=O)Nc3ccccc3C(N)=O)ccc2Cl)C1=O. The summed E-state index contributed by atoms with van der Waals surface area (Å²) >= 11 is 6.14. The number of nitrogens with zero attached hydrogens (tertiary/aromatic N) is 1. The Kier molecular flexibility index (Phi) is 5.14. The molecule has 29 heavy (non-hydrogen) atoms. The normalized spacial score (nSPS) is 17.2. The molecule has 0 saturated carbocycles. The molecule has 8 nitrogen and oxygen atoms in total. The number of para-hydroxylation sites is 1. The zero-order valence-corrected chi connectivity index (χ0v) is 17.2. The average molecular weight is 436 g/mol. The summed E-state index contributed by atoms with van der Waals surface area (Å²) in [7, 11) is -3.93. The molecule has 3 amide bonds. The molecule has 3 N–H and O–H groups in total. The van der Waals surface area contributed by atoms with Crippen LogP contribution >= 0.6 is 11.6 Å². The fourth-order valence-electron chi connectivity index (χ4n) is 3.05. The standard InChI is InChI=1S/C19H18ClN3O5S/c1-19(2)10-29(27,28)23(18(19)26)15-9-11(7-8-13(15)20)17(25)22-14-6-4-3-5-12(14)16(21)24/h3-9H,10H2,1-2H3,(H2,21,24)(H,22,25). The molecule has 152 valence electrons. The van der Waals surface area contributed by atoms with E-state index in [1.54, 1.807) is 12.1 Å². The molecule has 1 aliphatic rings. The molecule has 2 aromatic rings. The Bertz CT molecular complexity index is 1140. The molecular weight excluding hydrogens is 418 g/mol. The van der Waals surface area contributed by atoms with Gasteiger partial charge in [-0.25, -0.2) is 12.7 Å². The van der Waals surface area contributed by atoms with Crippen molar-refractivity contribution < 1.29 is 22.8 Å². The topological polar surface area (TPSA) is 127 Å². The number of primary amides is 1. The Morgan fingerprint density at radius 3 is 2.41 bits per heavy atom. The highest BCUT2D eigenvalue weighted by atomic mass is 35.5. The fourth-order valence-corrected chi connectivity index (χ4v) is 5.42. The van der Waals surface area contributed by atoms with Crippen molar-refractivity contribution in [1.29, 1.82) is 0 Å². The van der Waals surface area contributed by atoms with E-state index < -0.39 is 33.2 Å². The molecule has 0 aliphatic carbocycles. The van der Waals surface area contributed by atoms with Crippen LogP contribution in [0.15, 0.2) is 42.5 Å². The van der Waals surface area contributed by atoms with E-state index in [-0.39, 0.29) is 33.3 Å². The average Bonchev–Trinajstić information content (AvgIpc) is 2.78. The molecule has 0 spiro atoms. The van der Waals surface area contributed by atoms with Gasteiger partial charge in [-0.3, -0.25) is 14.4 Å². The number of carbonyl (C=O) groups is 3. The maximum Gasteiger partial charge on any atom is 0.255 e. The molecule has 0 unspecified atom stereocenters. The molecule has 2 aromatic carbocycles. The summed E-state index contributed by atoms with van der Waals surface area (Å²) in [6.07, 6.45) is 0. The summed E-state index contributed by atoms with van der Waals surface area (Å²) in [6, 6.07) is 10.1. The number of benzene rings is 2. The minimum Gasteiger partial charge on any atom is -0.366 e. The van der Waals surface area contributed by atoms with Crippen molar-refractivity contribution in [3.05, 3.63) is 58.6 Å². The molecule has 3 rings (SSSR count). The van der Waals surface area contributed by atoms with Gasteiger partial charge in [0.05, 0.1) is 33.1 Å². The second-order valence-corrected chi connectivity index (χ2v) is 9.46. The van der Waals surface area contributed by atoms with Crippen molar-refractivity contribution >= 4 is 50.7 Å². The number of hydrogen-bond donors (Lipinski definition) is 2. The van der Waals surface area contributed by atoms with Gasteiger partial charge in [0.1, 0.15) is 0 Å². The van der Waals surface area contributed by atoms with E-state index in [0.29, 0.717) is 4.31 Å². The van der Waals surface area contributed by atoms with Crippen LogP contribution in [-0.2, 0) is 14.8 Å². The number of anilines is 2. The minimum atomic E-state index is -3.93. The predicted molar refractivity (Wildman–Crippen MR) is 109 cm³/mol. The number of nitrogens with two attached hydrogens (primary N) is 1. The van der Waals surface area contributed by atoms with Gasteiger partial charge in [-0.2, -0.15) is 0 Å². The lowest BCUT2D eigenvalue weighted by atomic mass is 9.95. The lowest BCUT2D eigenvalue weighted by molar-refractivity contribution is -0.123. The highest BCUT2D eigenvalue weighted by molar-refractivity contribution is 7.94. The third-order valence-corrected chi connectivity index (χ3v) is 6.78. The van der Waals surface area contributed by atoms with Crippen LogP contribution in [0.4, 0.5) is 11.4 Å². The molecule has 0 radical (unpaired) electrons. The van der Waals surface area contributed by atoms with Crippen LogP contribution in [0.3, 0.4) is 0 Å². The molecule has 0 aromatic heterocycles. The third-order valence-electron chi connectivity index (χ3n) is 4.45. The van der Waals surface area contributed by atoms with Crippen molar-refractivity contribution in [3.8, 4) is 0 Å². The van der Waals surface area contributed by atoms with E-state index in [0.717, 1.165) is 0 Å². The highest BCUT2D eigenvalue weighted by Crippen LogP contribution is 2.39. The minimum absolute atomic E-state index is 0.00807. The van der Waals surface area contributed by atoms with Gasteiger partial charge in [0, 0.05) is 5.56 Å². The Morgan fingerprint density at radius 1 is 1.17 bits per heavy atom. The van der Waals surface area contributed by atoms with Crippen molar-refractivity contribution in [2.24, 2.45) is 11.1 Å². The summed E-state index contributed by atoms with van der Waals surface area (Å²) in [4.78, 5) is 36.8. The zero-order chi connectivity index (χ0) is 21.6. The highest BCUT2D eigenvalue weighted by Gasteiger charge is 2.50. The first-order chi connectivity index (χ1) is 13.4. The van der Waals surface area contributed by atoms with Gasteiger partial charge in [0.25, 0.3) is 11.8 Å². The molecular formula is C19H18ClN3O5S. The molecule has 10 heteroatoms. The van der Waals surface area contributed by atoms with Gasteiger partial charge in [0.15, 0.2) is 0 Å². The van der Waals surface area contributed by atoms with Crippen LogP contribution in [0, 0.1) is 5.41 Å². The summed E-state index contributed by atoms with van der Waals surface area (Å²) in [6.45, 7) is 3.05. The molecule has 1 saturated heterocycles. The first-order valence-electron chi connectivity index (χ1n) is 8.51. The smallest absolute Gasteiger partial charge is 0.255 e. The first kappa shape index (κ1) is 20.8.